The van der Waals surface area contributed by atoms with Crippen molar-refractivity contribution in [1.82, 2.24) is 9.78 Å². The van der Waals surface area contributed by atoms with E-state index in [0.29, 0.717) is 0 Å². The lowest BCUT2D eigenvalue weighted by atomic mass is 10.3. The molecule has 1 heterocycles. The van der Waals surface area contributed by atoms with Crippen molar-refractivity contribution in [3.05, 3.63) is 28.0 Å². The molecule has 0 fully saturated rings. The Balaban J connectivity index is 2.94. The average molecular weight is 248 g/mol. The molecule has 1 atom stereocenters. The van der Waals surface area contributed by atoms with Crippen LogP contribution in [-0.2, 0) is 4.79 Å². The van der Waals surface area contributed by atoms with Crippen molar-refractivity contribution in [2.24, 2.45) is 5.73 Å². The van der Waals surface area contributed by atoms with Gasteiger partial charge in [0.05, 0.1) is 5.69 Å². The monoisotopic (exact) mass is 247 g/mol. The third-order valence-electron chi connectivity index (χ3n) is 1.85. The van der Waals surface area contributed by atoms with Crippen LogP contribution < -0.4 is 5.73 Å². The third kappa shape index (κ3) is 3.06. The highest BCUT2D eigenvalue weighted by atomic mass is 35.5. The van der Waals surface area contributed by atoms with Crippen LogP contribution in [0.3, 0.4) is 0 Å². The van der Waals surface area contributed by atoms with Gasteiger partial charge in [0.25, 0.3) is 0 Å². The first-order valence-electron chi connectivity index (χ1n) is 4.26. The van der Waals surface area contributed by atoms with Crippen molar-refractivity contribution in [2.45, 2.75) is 20.0 Å². The zero-order chi connectivity index (χ0) is 11.6. The van der Waals surface area contributed by atoms with Gasteiger partial charge in [0.1, 0.15) is 4.49 Å². The number of hydrogen-bond donors (Lipinski definition) is 1. The molecule has 0 radical (unpaired) electrons. The summed E-state index contributed by atoms with van der Waals surface area (Å²) in [6.45, 7) is 3.64. The molecule has 0 amide bonds. The molecule has 6 heteroatoms. The van der Waals surface area contributed by atoms with E-state index in [2.05, 4.69) is 5.10 Å². The van der Waals surface area contributed by atoms with Crippen LogP contribution in [0.15, 0.2) is 16.6 Å². The van der Waals surface area contributed by atoms with Crippen LogP contribution in [0.2, 0.25) is 0 Å². The number of ketones is 1. The van der Waals surface area contributed by atoms with Gasteiger partial charge in [-0.05, 0) is 19.9 Å². The molecule has 1 aromatic heterocycles. The van der Waals surface area contributed by atoms with Crippen LogP contribution in [0.25, 0.3) is 0 Å². The summed E-state index contributed by atoms with van der Waals surface area (Å²) in [5, 5.41) is 4.09. The van der Waals surface area contributed by atoms with Crippen LogP contribution in [0, 0.1) is 13.8 Å². The molecule has 0 bridgehead atoms. The predicted molar refractivity (Wildman–Crippen MR) is 59.7 cm³/mol. The number of carbonyl (C=O) groups is 1. The van der Waals surface area contributed by atoms with Gasteiger partial charge in [0, 0.05) is 11.8 Å². The Kier molecular flexibility index (Phi) is 3.90. The first-order chi connectivity index (χ1) is 6.91. The van der Waals surface area contributed by atoms with E-state index in [1.165, 1.54) is 4.68 Å². The quantitative estimate of drug-likeness (QED) is 0.830. The fourth-order valence-corrected chi connectivity index (χ4v) is 1.46. The number of nitrogens with zero attached hydrogens (tertiary/aromatic N) is 2. The zero-order valence-corrected chi connectivity index (χ0v) is 9.88. The van der Waals surface area contributed by atoms with Crippen LogP contribution in [0.4, 0.5) is 0 Å². The van der Waals surface area contributed by atoms with Crippen molar-refractivity contribution in [3.8, 4) is 0 Å². The minimum Gasteiger partial charge on any atom is -0.303 e. The molecular weight excluding hydrogens is 237 g/mol. The minimum absolute atomic E-state index is 0.114. The molecule has 0 aliphatic rings. The van der Waals surface area contributed by atoms with E-state index < -0.39 is 6.17 Å². The molecule has 4 nitrogen and oxygen atoms in total. The average Bonchev–Trinajstić information content (AvgIpc) is 2.42. The summed E-state index contributed by atoms with van der Waals surface area (Å²) in [6, 6.07) is 1.83. The summed E-state index contributed by atoms with van der Waals surface area (Å²) in [5.74, 6) is -0.388. The van der Waals surface area contributed by atoms with E-state index >= 15 is 0 Å². The van der Waals surface area contributed by atoms with Gasteiger partial charge in [0.2, 0.25) is 0 Å². The second-order valence-electron chi connectivity index (χ2n) is 3.15. The standard InChI is InChI=1S/C9H11Cl2N3O/c1-5-3-6(2)14(13-5)9(12)7(15)4-8(10)11/h3-4,9H,12H2,1-2H3. The van der Waals surface area contributed by atoms with E-state index in [9.17, 15) is 4.79 Å². The lowest BCUT2D eigenvalue weighted by Gasteiger charge is -2.10. The first-order valence-corrected chi connectivity index (χ1v) is 5.02. The fraction of sp³-hybridized carbons (Fsp3) is 0.333. The van der Waals surface area contributed by atoms with Crippen molar-refractivity contribution in [3.63, 3.8) is 0 Å². The lowest BCUT2D eigenvalue weighted by Crippen LogP contribution is -2.28. The molecule has 1 unspecified atom stereocenters. The van der Waals surface area contributed by atoms with Gasteiger partial charge in [-0.3, -0.25) is 4.79 Å². The van der Waals surface area contributed by atoms with Gasteiger partial charge in [-0.15, -0.1) is 0 Å². The summed E-state index contributed by atoms with van der Waals surface area (Å²) in [4.78, 5) is 11.5. The SMILES string of the molecule is Cc1cc(C)n(C(N)C(=O)C=C(Cl)Cl)n1. The Morgan fingerprint density at radius 3 is 2.60 bits per heavy atom. The summed E-state index contributed by atoms with van der Waals surface area (Å²) in [7, 11) is 0. The van der Waals surface area contributed by atoms with Crippen molar-refractivity contribution < 1.29 is 4.79 Å². The Bertz CT molecular complexity index is 407. The van der Waals surface area contributed by atoms with Gasteiger partial charge in [0.15, 0.2) is 11.9 Å². The number of aromatic nitrogens is 2. The summed E-state index contributed by atoms with van der Waals surface area (Å²) in [5.41, 5.74) is 7.30. The fourth-order valence-electron chi connectivity index (χ4n) is 1.24. The molecule has 0 aliphatic heterocycles. The van der Waals surface area contributed by atoms with E-state index in [0.717, 1.165) is 17.5 Å². The van der Waals surface area contributed by atoms with Gasteiger partial charge >= 0.3 is 0 Å². The van der Waals surface area contributed by atoms with Crippen molar-refractivity contribution in [2.75, 3.05) is 0 Å². The summed E-state index contributed by atoms with van der Waals surface area (Å²) >= 11 is 10.7. The van der Waals surface area contributed by atoms with Crippen molar-refractivity contribution >= 4 is 29.0 Å². The summed E-state index contributed by atoms with van der Waals surface area (Å²) in [6.07, 6.45) is 0.190. The normalized spacial score (nSPS) is 12.3. The number of nitrogens with two attached hydrogens (primary N) is 1. The second-order valence-corrected chi connectivity index (χ2v) is 4.16. The first kappa shape index (κ1) is 12.2. The number of halogens is 2. The molecule has 2 N–H and O–H groups in total. The molecule has 0 aromatic carbocycles. The number of carbonyl (C=O) groups excluding carboxylic acids is 1. The van der Waals surface area contributed by atoms with Gasteiger partial charge in [-0.2, -0.15) is 5.10 Å². The van der Waals surface area contributed by atoms with Crippen LogP contribution in [0.5, 0.6) is 0 Å². The number of hydrogen-bond acceptors (Lipinski definition) is 3. The number of aryl methyl sites for hydroxylation is 2. The van der Waals surface area contributed by atoms with Gasteiger partial charge in [-0.25, -0.2) is 4.68 Å². The second kappa shape index (κ2) is 4.79. The van der Waals surface area contributed by atoms with E-state index in [1.807, 2.05) is 19.9 Å². The maximum absolute atomic E-state index is 11.5. The lowest BCUT2D eigenvalue weighted by molar-refractivity contribution is -0.117. The van der Waals surface area contributed by atoms with E-state index in [-0.39, 0.29) is 10.3 Å². The molecule has 0 aliphatic carbocycles. The molecule has 0 spiro atoms. The van der Waals surface area contributed by atoms with Crippen molar-refractivity contribution in [1.29, 1.82) is 0 Å². The van der Waals surface area contributed by atoms with Gasteiger partial charge in [-0.1, -0.05) is 23.2 Å². The molecule has 15 heavy (non-hydrogen) atoms. The van der Waals surface area contributed by atoms with Gasteiger partial charge < -0.3 is 5.73 Å². The maximum atomic E-state index is 11.5. The Morgan fingerprint density at radius 2 is 2.20 bits per heavy atom. The van der Waals surface area contributed by atoms with Crippen LogP contribution >= 0.6 is 23.2 Å². The molecule has 1 rings (SSSR count). The van der Waals surface area contributed by atoms with E-state index in [4.69, 9.17) is 28.9 Å². The Labute approximate surface area is 97.6 Å². The predicted octanol–water partition coefficient (Wildman–Crippen LogP) is 1.85. The smallest absolute Gasteiger partial charge is 0.196 e. The molecule has 0 saturated carbocycles. The Hall–Kier alpha value is -0.840. The number of rotatable bonds is 3. The zero-order valence-electron chi connectivity index (χ0n) is 8.37. The molecule has 0 saturated heterocycles. The molecular formula is C9H11Cl2N3O. The molecule has 1 aromatic rings. The largest absolute Gasteiger partial charge is 0.303 e. The van der Waals surface area contributed by atoms with E-state index in [1.54, 1.807) is 0 Å². The minimum atomic E-state index is -0.883. The molecule has 82 valence electrons. The van der Waals surface area contributed by atoms with Crippen LogP contribution in [0.1, 0.15) is 17.6 Å². The highest BCUT2D eigenvalue weighted by Gasteiger charge is 2.16. The Morgan fingerprint density at radius 1 is 1.60 bits per heavy atom. The van der Waals surface area contributed by atoms with Crippen LogP contribution in [-0.4, -0.2) is 15.6 Å². The highest BCUT2D eigenvalue weighted by Crippen LogP contribution is 2.12. The third-order valence-corrected chi connectivity index (χ3v) is 2.07. The topological polar surface area (TPSA) is 60.9 Å². The summed E-state index contributed by atoms with van der Waals surface area (Å²) < 4.78 is 1.32. The highest BCUT2D eigenvalue weighted by molar-refractivity contribution is 6.56. The maximum Gasteiger partial charge on any atom is 0.196 e.